The lowest BCUT2D eigenvalue weighted by molar-refractivity contribution is 0.394. The maximum Gasteiger partial charge on any atom is 0.226 e. The Bertz CT molecular complexity index is 570. The summed E-state index contributed by atoms with van der Waals surface area (Å²) in [7, 11) is 0. The van der Waals surface area contributed by atoms with Crippen molar-refractivity contribution in [3.05, 3.63) is 6.33 Å². The van der Waals surface area contributed by atoms with Gasteiger partial charge in [-0.25, -0.2) is 4.98 Å². The van der Waals surface area contributed by atoms with E-state index in [0.29, 0.717) is 5.95 Å². The van der Waals surface area contributed by atoms with Gasteiger partial charge in [-0.15, -0.1) is 0 Å². The molecule has 0 atom stereocenters. The highest BCUT2D eigenvalue weighted by Crippen LogP contribution is 2.28. The molecule has 0 bridgehead atoms. The SMILES string of the molecule is CCNc1nc(N2CCC(CC)CC2)c2[nH]cnc2n1. The number of anilines is 2. The Morgan fingerprint density at radius 3 is 2.80 bits per heavy atom. The number of hydrogen-bond donors (Lipinski definition) is 2. The first-order chi connectivity index (χ1) is 9.81. The Morgan fingerprint density at radius 1 is 1.30 bits per heavy atom. The minimum absolute atomic E-state index is 0.666. The Morgan fingerprint density at radius 2 is 2.10 bits per heavy atom. The molecule has 0 amide bonds. The van der Waals surface area contributed by atoms with Crippen LogP contribution in [0.5, 0.6) is 0 Å². The Balaban J connectivity index is 1.91. The zero-order valence-corrected chi connectivity index (χ0v) is 12.2. The molecule has 1 saturated heterocycles. The van der Waals surface area contributed by atoms with Gasteiger partial charge in [-0.1, -0.05) is 13.3 Å². The van der Waals surface area contributed by atoms with Crippen molar-refractivity contribution >= 4 is 22.9 Å². The standard InChI is InChI=1S/C14H22N6/c1-3-10-5-7-20(8-6-10)13-11-12(17-9-16-11)18-14(19-13)15-4-2/h9-10H,3-8H2,1-2H3,(H2,15,16,17,18,19). The molecule has 6 nitrogen and oxygen atoms in total. The summed E-state index contributed by atoms with van der Waals surface area (Å²) < 4.78 is 0. The number of hydrogen-bond acceptors (Lipinski definition) is 5. The second-order valence-corrected chi connectivity index (χ2v) is 5.34. The zero-order chi connectivity index (χ0) is 13.9. The van der Waals surface area contributed by atoms with Crippen LogP contribution in [-0.4, -0.2) is 39.6 Å². The minimum Gasteiger partial charge on any atom is -0.355 e. The van der Waals surface area contributed by atoms with Crippen LogP contribution in [0.1, 0.15) is 33.1 Å². The fraction of sp³-hybridized carbons (Fsp3) is 0.643. The van der Waals surface area contributed by atoms with Crippen molar-refractivity contribution in [2.45, 2.75) is 33.1 Å². The van der Waals surface area contributed by atoms with E-state index in [1.165, 1.54) is 19.3 Å². The molecule has 20 heavy (non-hydrogen) atoms. The molecule has 0 aromatic carbocycles. The quantitative estimate of drug-likeness (QED) is 0.896. The lowest BCUT2D eigenvalue weighted by Gasteiger charge is -2.32. The van der Waals surface area contributed by atoms with Gasteiger partial charge in [-0.2, -0.15) is 9.97 Å². The fourth-order valence-corrected chi connectivity index (χ4v) is 2.84. The summed E-state index contributed by atoms with van der Waals surface area (Å²) in [6.45, 7) is 7.27. The van der Waals surface area contributed by atoms with Crippen LogP contribution in [0.3, 0.4) is 0 Å². The van der Waals surface area contributed by atoms with Gasteiger partial charge in [0.2, 0.25) is 5.95 Å². The predicted octanol–water partition coefficient (Wildman–Crippen LogP) is 2.41. The van der Waals surface area contributed by atoms with Gasteiger partial charge in [-0.05, 0) is 25.7 Å². The number of piperidine rings is 1. The van der Waals surface area contributed by atoms with Crippen LogP contribution in [0.2, 0.25) is 0 Å². The van der Waals surface area contributed by atoms with Gasteiger partial charge in [0.25, 0.3) is 0 Å². The maximum absolute atomic E-state index is 4.67. The largest absolute Gasteiger partial charge is 0.355 e. The zero-order valence-electron chi connectivity index (χ0n) is 12.2. The van der Waals surface area contributed by atoms with E-state index in [9.17, 15) is 0 Å². The third kappa shape index (κ3) is 2.42. The van der Waals surface area contributed by atoms with Crippen molar-refractivity contribution in [2.24, 2.45) is 5.92 Å². The smallest absolute Gasteiger partial charge is 0.226 e. The first-order valence-corrected chi connectivity index (χ1v) is 7.51. The molecular weight excluding hydrogens is 252 g/mol. The number of nitrogens with one attached hydrogen (secondary N) is 2. The molecule has 2 N–H and O–H groups in total. The lowest BCUT2D eigenvalue weighted by atomic mass is 9.94. The molecule has 0 radical (unpaired) electrons. The van der Waals surface area contributed by atoms with Crippen molar-refractivity contribution in [2.75, 3.05) is 29.9 Å². The number of nitrogens with zero attached hydrogens (tertiary/aromatic N) is 4. The number of aromatic nitrogens is 4. The Labute approximate surface area is 119 Å². The molecule has 3 rings (SSSR count). The van der Waals surface area contributed by atoms with Crippen LogP contribution in [-0.2, 0) is 0 Å². The molecule has 0 saturated carbocycles. The molecule has 2 aromatic heterocycles. The number of aromatic amines is 1. The van der Waals surface area contributed by atoms with Crippen LogP contribution in [0.25, 0.3) is 11.2 Å². The number of H-pyrrole nitrogens is 1. The molecule has 0 unspecified atom stereocenters. The van der Waals surface area contributed by atoms with Crippen molar-refractivity contribution in [1.29, 1.82) is 0 Å². The van der Waals surface area contributed by atoms with E-state index in [-0.39, 0.29) is 0 Å². The molecule has 6 heteroatoms. The summed E-state index contributed by atoms with van der Waals surface area (Å²) in [6.07, 6.45) is 5.45. The van der Waals surface area contributed by atoms with Gasteiger partial charge < -0.3 is 15.2 Å². The van der Waals surface area contributed by atoms with Gasteiger partial charge in [0, 0.05) is 19.6 Å². The van der Waals surface area contributed by atoms with Crippen LogP contribution < -0.4 is 10.2 Å². The van der Waals surface area contributed by atoms with E-state index in [0.717, 1.165) is 42.5 Å². The van der Waals surface area contributed by atoms with Crippen molar-refractivity contribution in [3.8, 4) is 0 Å². The lowest BCUT2D eigenvalue weighted by Crippen LogP contribution is -2.34. The number of imidazole rings is 1. The third-order valence-electron chi connectivity index (χ3n) is 4.09. The minimum atomic E-state index is 0.666. The van der Waals surface area contributed by atoms with Gasteiger partial charge in [0.05, 0.1) is 6.33 Å². The monoisotopic (exact) mass is 274 g/mol. The van der Waals surface area contributed by atoms with Gasteiger partial charge in [-0.3, -0.25) is 0 Å². The summed E-state index contributed by atoms with van der Waals surface area (Å²) in [5, 5.41) is 3.19. The number of fused-ring (bicyclic) bond motifs is 1. The van der Waals surface area contributed by atoms with Gasteiger partial charge >= 0.3 is 0 Å². The summed E-state index contributed by atoms with van der Waals surface area (Å²) in [6, 6.07) is 0. The van der Waals surface area contributed by atoms with E-state index in [1.807, 2.05) is 6.92 Å². The van der Waals surface area contributed by atoms with Crippen molar-refractivity contribution in [3.63, 3.8) is 0 Å². The topological polar surface area (TPSA) is 69.7 Å². The highest BCUT2D eigenvalue weighted by atomic mass is 15.3. The van der Waals surface area contributed by atoms with E-state index in [1.54, 1.807) is 6.33 Å². The first-order valence-electron chi connectivity index (χ1n) is 7.51. The predicted molar refractivity (Wildman–Crippen MR) is 81.1 cm³/mol. The molecule has 3 heterocycles. The molecule has 108 valence electrons. The van der Waals surface area contributed by atoms with Crippen LogP contribution >= 0.6 is 0 Å². The average molecular weight is 274 g/mol. The second-order valence-electron chi connectivity index (χ2n) is 5.34. The van der Waals surface area contributed by atoms with E-state index in [2.05, 4.69) is 37.1 Å². The summed E-state index contributed by atoms with van der Waals surface area (Å²) in [5.74, 6) is 2.51. The molecule has 0 aliphatic carbocycles. The summed E-state index contributed by atoms with van der Waals surface area (Å²) in [4.78, 5) is 18.9. The summed E-state index contributed by atoms with van der Waals surface area (Å²) in [5.41, 5.74) is 1.69. The second kappa shape index (κ2) is 5.64. The van der Waals surface area contributed by atoms with Crippen molar-refractivity contribution in [1.82, 2.24) is 19.9 Å². The van der Waals surface area contributed by atoms with E-state index < -0.39 is 0 Å². The Kier molecular flexibility index (Phi) is 3.71. The highest BCUT2D eigenvalue weighted by Gasteiger charge is 2.22. The van der Waals surface area contributed by atoms with E-state index in [4.69, 9.17) is 0 Å². The summed E-state index contributed by atoms with van der Waals surface area (Å²) >= 11 is 0. The van der Waals surface area contributed by atoms with Crippen LogP contribution in [0, 0.1) is 5.92 Å². The molecule has 0 spiro atoms. The number of rotatable bonds is 4. The van der Waals surface area contributed by atoms with Gasteiger partial charge in [0.1, 0.15) is 5.52 Å². The average Bonchev–Trinajstić information content (AvgIpc) is 2.95. The fourth-order valence-electron chi connectivity index (χ4n) is 2.84. The molecule has 2 aromatic rings. The molecule has 1 aliphatic heterocycles. The molecule has 1 fully saturated rings. The van der Waals surface area contributed by atoms with Gasteiger partial charge in [0.15, 0.2) is 11.5 Å². The van der Waals surface area contributed by atoms with E-state index >= 15 is 0 Å². The maximum atomic E-state index is 4.67. The highest BCUT2D eigenvalue weighted by molar-refractivity contribution is 5.84. The third-order valence-corrected chi connectivity index (χ3v) is 4.09. The molecule has 1 aliphatic rings. The van der Waals surface area contributed by atoms with Crippen molar-refractivity contribution < 1.29 is 0 Å². The van der Waals surface area contributed by atoms with Crippen LogP contribution in [0.15, 0.2) is 6.33 Å². The molecular formula is C14H22N6. The first kappa shape index (κ1) is 13.1. The van der Waals surface area contributed by atoms with Crippen LogP contribution in [0.4, 0.5) is 11.8 Å². The normalized spacial score (nSPS) is 16.8. The Hall–Kier alpha value is -1.85.